The lowest BCUT2D eigenvalue weighted by atomic mass is 9.31. The van der Waals surface area contributed by atoms with Crippen LogP contribution in [0, 0.1) is 56.2 Å². The van der Waals surface area contributed by atoms with Gasteiger partial charge in [0.2, 0.25) is 0 Å². The number of aliphatic hydroxyl groups excluding tert-OH is 2. The molecule has 36 heavy (non-hydrogen) atoms. The number of hydrogen-bond donors (Lipinski definition) is 3. The van der Waals surface area contributed by atoms with E-state index in [9.17, 15) is 20.1 Å². The Morgan fingerprint density at radius 2 is 1.53 bits per heavy atom. The van der Waals surface area contributed by atoms with Gasteiger partial charge in [-0.25, -0.2) is 0 Å². The molecule has 2 aliphatic heterocycles. The molecule has 0 aromatic rings. The lowest BCUT2D eigenvalue weighted by Gasteiger charge is -2.73. The average Bonchev–Trinajstić information content (AvgIpc) is 3.27. The van der Waals surface area contributed by atoms with Gasteiger partial charge in [-0.15, -0.1) is 0 Å². The van der Waals surface area contributed by atoms with Crippen molar-refractivity contribution in [2.45, 2.75) is 124 Å². The van der Waals surface area contributed by atoms with E-state index < -0.39 is 28.8 Å². The van der Waals surface area contributed by atoms with Gasteiger partial charge in [0.15, 0.2) is 5.79 Å². The van der Waals surface area contributed by atoms with Crippen LogP contribution in [0.5, 0.6) is 0 Å². The Labute approximate surface area is 215 Å². The first kappa shape index (κ1) is 24.4. The predicted molar refractivity (Wildman–Crippen MR) is 132 cm³/mol. The largest absolute Gasteiger partial charge is 0.461 e. The van der Waals surface area contributed by atoms with Crippen LogP contribution < -0.4 is 0 Å². The van der Waals surface area contributed by atoms with Gasteiger partial charge in [0, 0.05) is 30.1 Å². The molecule has 5 aliphatic carbocycles. The first-order valence-electron chi connectivity index (χ1n) is 14.5. The van der Waals surface area contributed by atoms with Gasteiger partial charge in [0.1, 0.15) is 6.10 Å². The van der Waals surface area contributed by atoms with Gasteiger partial charge in [-0.1, -0.05) is 48.5 Å². The van der Waals surface area contributed by atoms with Crippen LogP contribution >= 0.6 is 0 Å². The molecule has 202 valence electrons. The standard InChI is InChI=1S/C30H46O6/c1-24(2)16-8-9-27(6)17(26(16,5)12-15(31)21(24)32)13-30(34)20-19-22(36-30)25(3,4)18-14-29(19,23(33)35-18)11-10-28(20,27)7/h15-22,31-32,34H,8-14H2,1-7H3. The lowest BCUT2D eigenvalue weighted by molar-refractivity contribution is -0.334. The Morgan fingerprint density at radius 1 is 0.833 bits per heavy atom. The van der Waals surface area contributed by atoms with Crippen molar-refractivity contribution in [3.63, 3.8) is 0 Å². The summed E-state index contributed by atoms with van der Waals surface area (Å²) in [5.74, 6) is -1.08. The Hall–Kier alpha value is -0.690. The number of esters is 1. The molecule has 0 amide bonds. The number of rotatable bonds is 0. The zero-order valence-electron chi connectivity index (χ0n) is 23.1. The van der Waals surface area contributed by atoms with Crippen molar-refractivity contribution < 1.29 is 29.6 Å². The molecule has 6 heteroatoms. The van der Waals surface area contributed by atoms with E-state index in [1.807, 2.05) is 0 Å². The van der Waals surface area contributed by atoms with Gasteiger partial charge in [-0.3, -0.25) is 4.79 Å². The lowest BCUT2D eigenvalue weighted by Crippen LogP contribution is -2.72. The van der Waals surface area contributed by atoms with Crippen molar-refractivity contribution in [3.8, 4) is 0 Å². The van der Waals surface area contributed by atoms with Crippen LogP contribution in [0.3, 0.4) is 0 Å². The maximum atomic E-state index is 13.5. The fraction of sp³-hybridized carbons (Fsp3) is 0.967. The van der Waals surface area contributed by atoms with Crippen LogP contribution in [0.25, 0.3) is 0 Å². The van der Waals surface area contributed by atoms with Crippen LogP contribution in [0.15, 0.2) is 0 Å². The molecule has 2 bridgehead atoms. The highest BCUT2D eigenvalue weighted by Gasteiger charge is 2.83. The summed E-state index contributed by atoms with van der Waals surface area (Å²) < 4.78 is 12.9. The minimum Gasteiger partial charge on any atom is -0.461 e. The Kier molecular flexibility index (Phi) is 4.31. The molecule has 13 unspecified atom stereocenters. The first-order valence-corrected chi connectivity index (χ1v) is 14.5. The maximum absolute atomic E-state index is 13.5. The molecule has 7 rings (SSSR count). The summed E-state index contributed by atoms with van der Waals surface area (Å²) in [4.78, 5) is 13.5. The first-order chi connectivity index (χ1) is 16.5. The molecule has 2 saturated heterocycles. The molecule has 1 spiro atoms. The highest BCUT2D eigenvalue weighted by atomic mass is 16.6. The molecule has 2 heterocycles. The van der Waals surface area contributed by atoms with Gasteiger partial charge >= 0.3 is 5.97 Å². The molecule has 7 aliphatic rings. The normalized spacial score (nSPS) is 63.7. The summed E-state index contributed by atoms with van der Waals surface area (Å²) in [5.41, 5.74) is -1.76. The molecule has 0 aromatic heterocycles. The predicted octanol–water partition coefficient (Wildman–Crippen LogP) is 4.04. The molecule has 7 fully saturated rings. The number of aliphatic hydroxyl groups is 3. The quantitative estimate of drug-likeness (QED) is 0.433. The van der Waals surface area contributed by atoms with Crippen LogP contribution in [0.4, 0.5) is 0 Å². The minimum atomic E-state index is -1.29. The van der Waals surface area contributed by atoms with E-state index in [-0.39, 0.29) is 63.5 Å². The third-order valence-electron chi connectivity index (χ3n) is 14.5. The Balaban J connectivity index is 1.39. The monoisotopic (exact) mass is 502 g/mol. The fourth-order valence-corrected chi connectivity index (χ4v) is 12.5. The molecule has 0 radical (unpaired) electrons. The van der Waals surface area contributed by atoms with Crippen molar-refractivity contribution in [1.29, 1.82) is 0 Å². The van der Waals surface area contributed by atoms with Crippen molar-refractivity contribution in [2.75, 3.05) is 0 Å². The molecule has 0 aromatic carbocycles. The second-order valence-corrected chi connectivity index (χ2v) is 16.2. The molecule has 13 atom stereocenters. The van der Waals surface area contributed by atoms with Crippen LogP contribution in [-0.2, 0) is 14.3 Å². The van der Waals surface area contributed by atoms with Crippen molar-refractivity contribution in [2.24, 2.45) is 56.2 Å². The summed E-state index contributed by atoms with van der Waals surface area (Å²) in [6.07, 6.45) is 3.71. The van der Waals surface area contributed by atoms with E-state index in [2.05, 4.69) is 48.5 Å². The molecule has 3 N–H and O–H groups in total. The van der Waals surface area contributed by atoms with Gasteiger partial charge in [0.25, 0.3) is 0 Å². The highest BCUT2D eigenvalue weighted by Crippen LogP contribution is 2.81. The smallest absolute Gasteiger partial charge is 0.312 e. The van der Waals surface area contributed by atoms with E-state index in [0.717, 1.165) is 32.1 Å². The summed E-state index contributed by atoms with van der Waals surface area (Å²) in [6.45, 7) is 15.7. The Bertz CT molecular complexity index is 1040. The van der Waals surface area contributed by atoms with Gasteiger partial charge in [0.05, 0.1) is 23.7 Å². The van der Waals surface area contributed by atoms with Crippen molar-refractivity contribution >= 4 is 5.97 Å². The second-order valence-electron chi connectivity index (χ2n) is 16.2. The molecule has 5 saturated carbocycles. The summed E-state index contributed by atoms with van der Waals surface area (Å²) in [6, 6.07) is 0. The van der Waals surface area contributed by atoms with Crippen LogP contribution in [0.1, 0.15) is 93.4 Å². The summed E-state index contributed by atoms with van der Waals surface area (Å²) in [5, 5.41) is 34.7. The SMILES string of the molecule is CC1(C)C2CC3(CCC4(C)C5C3C1OC5(O)CC1C3(C)CC(O)C(O)C(C)(C)C3CCC14C)C(=O)O2. The van der Waals surface area contributed by atoms with Gasteiger partial charge in [-0.2, -0.15) is 0 Å². The molecule has 6 nitrogen and oxygen atoms in total. The van der Waals surface area contributed by atoms with E-state index in [1.165, 1.54) is 0 Å². The molecular formula is C30H46O6. The maximum Gasteiger partial charge on any atom is 0.312 e. The third-order valence-corrected chi connectivity index (χ3v) is 14.5. The zero-order chi connectivity index (χ0) is 26.1. The van der Waals surface area contributed by atoms with E-state index in [1.54, 1.807) is 0 Å². The topological polar surface area (TPSA) is 96.2 Å². The average molecular weight is 503 g/mol. The second kappa shape index (κ2) is 6.37. The number of fused-ring (bicyclic) bond motifs is 5. The van der Waals surface area contributed by atoms with Crippen LogP contribution in [0.2, 0.25) is 0 Å². The highest BCUT2D eigenvalue weighted by molar-refractivity contribution is 5.81. The fourth-order valence-electron chi connectivity index (χ4n) is 12.5. The van der Waals surface area contributed by atoms with Gasteiger partial charge in [-0.05, 0) is 65.6 Å². The minimum absolute atomic E-state index is 0.0268. The molecular weight excluding hydrogens is 456 g/mol. The van der Waals surface area contributed by atoms with Crippen molar-refractivity contribution in [3.05, 3.63) is 0 Å². The van der Waals surface area contributed by atoms with E-state index >= 15 is 0 Å². The Morgan fingerprint density at radius 3 is 2.22 bits per heavy atom. The van der Waals surface area contributed by atoms with Crippen LogP contribution in [-0.4, -0.2) is 51.5 Å². The zero-order valence-corrected chi connectivity index (χ0v) is 23.1. The van der Waals surface area contributed by atoms with Crippen molar-refractivity contribution in [1.82, 2.24) is 0 Å². The number of hydrogen-bond acceptors (Lipinski definition) is 6. The number of carbonyl (C=O) groups is 1. The van der Waals surface area contributed by atoms with Gasteiger partial charge < -0.3 is 24.8 Å². The van der Waals surface area contributed by atoms with E-state index in [0.29, 0.717) is 12.8 Å². The number of ether oxygens (including phenoxy) is 2. The summed E-state index contributed by atoms with van der Waals surface area (Å²) in [7, 11) is 0. The third kappa shape index (κ3) is 2.29. The van der Waals surface area contributed by atoms with E-state index in [4.69, 9.17) is 9.47 Å². The number of carbonyl (C=O) groups excluding carboxylic acids is 1. The summed E-state index contributed by atoms with van der Waals surface area (Å²) >= 11 is 0.